The summed E-state index contributed by atoms with van der Waals surface area (Å²) in [6, 6.07) is 0.520. The SMILES string of the molecule is CCNC(C1CCCC(S(C)(=O)=O)C1)C1(C)CC1. The largest absolute Gasteiger partial charge is 0.313 e. The van der Waals surface area contributed by atoms with Crippen LogP contribution < -0.4 is 5.32 Å². The zero-order valence-electron chi connectivity index (χ0n) is 11.9. The average Bonchev–Trinajstić information content (AvgIpc) is 3.04. The second kappa shape index (κ2) is 5.12. The van der Waals surface area contributed by atoms with E-state index in [0.717, 1.165) is 25.8 Å². The molecule has 2 saturated carbocycles. The fourth-order valence-corrected chi connectivity index (χ4v) is 4.77. The maximum Gasteiger partial charge on any atom is 0.150 e. The van der Waals surface area contributed by atoms with Gasteiger partial charge in [-0.05, 0) is 50.0 Å². The Morgan fingerprint density at radius 2 is 2.00 bits per heavy atom. The van der Waals surface area contributed by atoms with E-state index in [0.29, 0.717) is 17.4 Å². The van der Waals surface area contributed by atoms with E-state index in [4.69, 9.17) is 0 Å². The van der Waals surface area contributed by atoms with Gasteiger partial charge < -0.3 is 5.32 Å². The van der Waals surface area contributed by atoms with Crippen molar-refractivity contribution in [3.8, 4) is 0 Å². The molecule has 0 bridgehead atoms. The van der Waals surface area contributed by atoms with Crippen LogP contribution in [0.25, 0.3) is 0 Å². The van der Waals surface area contributed by atoms with Crippen LogP contribution in [0.5, 0.6) is 0 Å². The molecule has 2 rings (SSSR count). The zero-order chi connectivity index (χ0) is 13.4. The summed E-state index contributed by atoms with van der Waals surface area (Å²) in [6.07, 6.45) is 7.99. The molecule has 0 aromatic rings. The monoisotopic (exact) mass is 273 g/mol. The Labute approximate surface area is 112 Å². The van der Waals surface area contributed by atoms with Crippen molar-refractivity contribution in [2.45, 2.75) is 63.7 Å². The van der Waals surface area contributed by atoms with Crippen molar-refractivity contribution in [3.63, 3.8) is 0 Å². The van der Waals surface area contributed by atoms with Gasteiger partial charge in [-0.25, -0.2) is 8.42 Å². The number of hydrogen-bond donors (Lipinski definition) is 1. The van der Waals surface area contributed by atoms with Crippen molar-refractivity contribution in [1.82, 2.24) is 5.32 Å². The molecule has 0 heterocycles. The lowest BCUT2D eigenvalue weighted by Gasteiger charge is -2.37. The standard InChI is InChI=1S/C14H27NO2S/c1-4-15-13(14(2)8-9-14)11-6-5-7-12(10-11)18(3,16)17/h11-13,15H,4-10H2,1-3H3. The number of nitrogens with one attached hydrogen (secondary N) is 1. The van der Waals surface area contributed by atoms with Gasteiger partial charge in [-0.3, -0.25) is 0 Å². The van der Waals surface area contributed by atoms with Crippen LogP contribution in [-0.2, 0) is 9.84 Å². The van der Waals surface area contributed by atoms with Crippen LogP contribution in [0.2, 0.25) is 0 Å². The fraction of sp³-hybridized carbons (Fsp3) is 1.00. The first kappa shape index (κ1) is 14.3. The Morgan fingerprint density at radius 3 is 2.50 bits per heavy atom. The summed E-state index contributed by atoms with van der Waals surface area (Å²) < 4.78 is 23.5. The summed E-state index contributed by atoms with van der Waals surface area (Å²) in [7, 11) is -2.86. The summed E-state index contributed by atoms with van der Waals surface area (Å²) in [5.41, 5.74) is 0.431. The van der Waals surface area contributed by atoms with Gasteiger partial charge in [-0.2, -0.15) is 0 Å². The molecular weight excluding hydrogens is 246 g/mol. The van der Waals surface area contributed by atoms with Crippen molar-refractivity contribution in [3.05, 3.63) is 0 Å². The Balaban J connectivity index is 2.06. The second-order valence-electron chi connectivity index (χ2n) is 6.57. The van der Waals surface area contributed by atoms with E-state index in [1.165, 1.54) is 25.5 Å². The van der Waals surface area contributed by atoms with Crippen LogP contribution in [0.3, 0.4) is 0 Å². The first-order valence-corrected chi connectivity index (χ1v) is 9.24. The Morgan fingerprint density at radius 1 is 1.33 bits per heavy atom. The van der Waals surface area contributed by atoms with Crippen LogP contribution >= 0.6 is 0 Å². The first-order chi connectivity index (χ1) is 8.37. The van der Waals surface area contributed by atoms with E-state index in [-0.39, 0.29) is 5.25 Å². The van der Waals surface area contributed by atoms with Crippen molar-refractivity contribution in [2.75, 3.05) is 12.8 Å². The maximum atomic E-state index is 11.8. The third-order valence-corrected chi connectivity index (χ3v) is 6.60. The van der Waals surface area contributed by atoms with E-state index in [1.807, 2.05) is 0 Å². The molecule has 0 saturated heterocycles. The van der Waals surface area contributed by atoms with Crippen LogP contribution in [0.1, 0.15) is 52.4 Å². The minimum atomic E-state index is -2.86. The lowest BCUT2D eigenvalue weighted by molar-refractivity contribution is 0.205. The van der Waals surface area contributed by atoms with Crippen LogP contribution in [-0.4, -0.2) is 32.5 Å². The summed E-state index contributed by atoms with van der Waals surface area (Å²) >= 11 is 0. The molecule has 3 nitrogen and oxygen atoms in total. The van der Waals surface area contributed by atoms with Gasteiger partial charge in [-0.1, -0.05) is 20.3 Å². The third kappa shape index (κ3) is 3.08. The van der Waals surface area contributed by atoms with E-state index in [9.17, 15) is 8.42 Å². The highest BCUT2D eigenvalue weighted by atomic mass is 32.2. The third-order valence-electron chi connectivity index (χ3n) is 4.96. The molecule has 3 unspecified atom stereocenters. The van der Waals surface area contributed by atoms with Gasteiger partial charge in [0.25, 0.3) is 0 Å². The predicted molar refractivity (Wildman–Crippen MR) is 75.4 cm³/mol. The molecule has 2 aliphatic rings. The number of hydrogen-bond acceptors (Lipinski definition) is 3. The second-order valence-corrected chi connectivity index (χ2v) is 8.89. The molecule has 18 heavy (non-hydrogen) atoms. The highest BCUT2D eigenvalue weighted by molar-refractivity contribution is 7.91. The zero-order valence-corrected chi connectivity index (χ0v) is 12.7. The minimum Gasteiger partial charge on any atom is -0.313 e. The molecule has 0 aliphatic heterocycles. The highest BCUT2D eigenvalue weighted by Crippen LogP contribution is 2.52. The Bertz CT molecular complexity index is 387. The summed E-state index contributed by atoms with van der Waals surface area (Å²) in [6.45, 7) is 5.49. The molecule has 1 N–H and O–H groups in total. The lowest BCUT2D eigenvalue weighted by atomic mass is 9.77. The van der Waals surface area contributed by atoms with Gasteiger partial charge in [0.1, 0.15) is 9.84 Å². The van der Waals surface area contributed by atoms with Crippen molar-refractivity contribution < 1.29 is 8.42 Å². The van der Waals surface area contributed by atoms with Gasteiger partial charge in [0, 0.05) is 12.3 Å². The maximum absolute atomic E-state index is 11.8. The molecule has 0 aromatic carbocycles. The molecule has 0 amide bonds. The van der Waals surface area contributed by atoms with E-state index in [2.05, 4.69) is 19.2 Å². The molecule has 2 aliphatic carbocycles. The van der Waals surface area contributed by atoms with Gasteiger partial charge >= 0.3 is 0 Å². The van der Waals surface area contributed by atoms with E-state index >= 15 is 0 Å². The molecule has 0 aromatic heterocycles. The highest BCUT2D eigenvalue weighted by Gasteiger charge is 2.48. The smallest absolute Gasteiger partial charge is 0.150 e. The van der Waals surface area contributed by atoms with Crippen molar-refractivity contribution in [1.29, 1.82) is 0 Å². The predicted octanol–water partition coefficient (Wildman–Crippen LogP) is 2.37. The topological polar surface area (TPSA) is 46.2 Å². The molecule has 0 spiro atoms. The van der Waals surface area contributed by atoms with Gasteiger partial charge in [0.15, 0.2) is 0 Å². The van der Waals surface area contributed by atoms with Crippen molar-refractivity contribution in [2.24, 2.45) is 11.3 Å². The van der Waals surface area contributed by atoms with Crippen LogP contribution in [0.15, 0.2) is 0 Å². The van der Waals surface area contributed by atoms with E-state index < -0.39 is 9.84 Å². The lowest BCUT2D eigenvalue weighted by Crippen LogP contribution is -2.45. The molecular formula is C14H27NO2S. The average molecular weight is 273 g/mol. The van der Waals surface area contributed by atoms with Crippen LogP contribution in [0, 0.1) is 11.3 Å². The number of sulfone groups is 1. The molecule has 0 radical (unpaired) electrons. The number of rotatable bonds is 5. The quantitative estimate of drug-likeness (QED) is 0.836. The fourth-order valence-electron chi connectivity index (χ4n) is 3.58. The summed E-state index contributed by atoms with van der Waals surface area (Å²) in [4.78, 5) is 0. The van der Waals surface area contributed by atoms with Crippen molar-refractivity contribution >= 4 is 9.84 Å². The first-order valence-electron chi connectivity index (χ1n) is 7.29. The van der Waals surface area contributed by atoms with Crippen LogP contribution in [0.4, 0.5) is 0 Å². The molecule has 3 atom stereocenters. The summed E-state index contributed by atoms with van der Waals surface area (Å²) in [5.74, 6) is 0.547. The molecule has 106 valence electrons. The minimum absolute atomic E-state index is 0.0974. The molecule has 4 heteroatoms. The Kier molecular flexibility index (Phi) is 4.07. The van der Waals surface area contributed by atoms with Gasteiger partial charge in [0.05, 0.1) is 5.25 Å². The van der Waals surface area contributed by atoms with Gasteiger partial charge in [-0.15, -0.1) is 0 Å². The van der Waals surface area contributed by atoms with E-state index in [1.54, 1.807) is 0 Å². The van der Waals surface area contributed by atoms with Gasteiger partial charge in [0.2, 0.25) is 0 Å². The Hall–Kier alpha value is -0.0900. The summed E-state index contributed by atoms with van der Waals surface area (Å²) in [5, 5.41) is 3.53. The molecule has 2 fully saturated rings. The normalized spacial score (nSPS) is 33.1.